The largest absolute Gasteiger partial charge is 0.362 e. The second kappa shape index (κ2) is 4.34. The minimum absolute atomic E-state index is 0.146. The number of nitrogens with two attached hydrogens (primary N) is 1. The van der Waals surface area contributed by atoms with E-state index in [9.17, 15) is 0 Å². The van der Waals surface area contributed by atoms with E-state index in [-0.39, 0.29) is 5.54 Å². The summed E-state index contributed by atoms with van der Waals surface area (Å²) in [7, 11) is 0. The molecule has 0 spiro atoms. The topological polar surface area (TPSA) is 74.7 Å². The van der Waals surface area contributed by atoms with Crippen LogP contribution in [0.5, 0.6) is 0 Å². The smallest absolute Gasteiger partial charge is 0.144 e. The Morgan fingerprint density at radius 1 is 1.65 bits per heavy atom. The van der Waals surface area contributed by atoms with Gasteiger partial charge in [0.2, 0.25) is 0 Å². The van der Waals surface area contributed by atoms with Crippen molar-refractivity contribution in [1.82, 2.24) is 4.98 Å². The van der Waals surface area contributed by atoms with Gasteiger partial charge in [-0.15, -0.1) is 0 Å². The fourth-order valence-corrected chi connectivity index (χ4v) is 2.10. The first-order valence-corrected chi connectivity index (χ1v) is 5.94. The van der Waals surface area contributed by atoms with Gasteiger partial charge in [0.05, 0.1) is 11.1 Å². The van der Waals surface area contributed by atoms with E-state index >= 15 is 0 Å². The molecule has 4 nitrogen and oxygen atoms in total. The van der Waals surface area contributed by atoms with Gasteiger partial charge in [-0.2, -0.15) is 5.26 Å². The van der Waals surface area contributed by atoms with E-state index < -0.39 is 0 Å². The van der Waals surface area contributed by atoms with E-state index in [4.69, 9.17) is 11.0 Å². The predicted molar refractivity (Wildman–Crippen MR) is 67.5 cm³/mol. The third-order valence-corrected chi connectivity index (χ3v) is 3.58. The van der Waals surface area contributed by atoms with Crippen LogP contribution < -0.4 is 11.1 Å². The molecule has 1 atom stereocenters. The number of nitrogens with zero attached hydrogens (tertiary/aromatic N) is 2. The molecule has 90 valence electrons. The van der Waals surface area contributed by atoms with Gasteiger partial charge in [0, 0.05) is 12.7 Å². The minimum atomic E-state index is -0.146. The van der Waals surface area contributed by atoms with Crippen molar-refractivity contribution in [3.8, 4) is 6.07 Å². The predicted octanol–water partition coefficient (Wildman–Crippen LogP) is 1.80. The van der Waals surface area contributed by atoms with Crippen molar-refractivity contribution < 1.29 is 0 Å². The SMILES string of the molecule is Cc1ccnc(NC(C)(CN)C2CC2)c1C#N. The highest BCUT2D eigenvalue weighted by molar-refractivity contribution is 5.56. The van der Waals surface area contributed by atoms with Crippen LogP contribution >= 0.6 is 0 Å². The molecule has 1 saturated carbocycles. The lowest BCUT2D eigenvalue weighted by molar-refractivity contribution is 0.457. The number of aromatic nitrogens is 1. The molecule has 0 amide bonds. The molecule has 0 radical (unpaired) electrons. The molecule has 0 aliphatic heterocycles. The molecule has 1 heterocycles. The first kappa shape index (κ1) is 11.9. The van der Waals surface area contributed by atoms with Gasteiger partial charge >= 0.3 is 0 Å². The minimum Gasteiger partial charge on any atom is -0.362 e. The summed E-state index contributed by atoms with van der Waals surface area (Å²) in [5.74, 6) is 1.26. The van der Waals surface area contributed by atoms with E-state index in [1.807, 2.05) is 13.0 Å². The van der Waals surface area contributed by atoms with Crippen molar-refractivity contribution in [2.75, 3.05) is 11.9 Å². The second-order valence-electron chi connectivity index (χ2n) is 4.98. The highest BCUT2D eigenvalue weighted by Crippen LogP contribution is 2.41. The zero-order chi connectivity index (χ0) is 12.5. The van der Waals surface area contributed by atoms with Crippen LogP contribution in [0, 0.1) is 24.2 Å². The van der Waals surface area contributed by atoms with Crippen molar-refractivity contribution in [3.05, 3.63) is 23.4 Å². The molecule has 2 rings (SSSR count). The molecular formula is C13H18N4. The van der Waals surface area contributed by atoms with E-state index in [0.29, 0.717) is 23.8 Å². The molecule has 0 bridgehead atoms. The van der Waals surface area contributed by atoms with Crippen LogP contribution in [0.4, 0.5) is 5.82 Å². The monoisotopic (exact) mass is 230 g/mol. The fourth-order valence-electron chi connectivity index (χ4n) is 2.10. The van der Waals surface area contributed by atoms with Crippen molar-refractivity contribution >= 4 is 5.82 Å². The third-order valence-electron chi connectivity index (χ3n) is 3.58. The molecule has 17 heavy (non-hydrogen) atoms. The maximum absolute atomic E-state index is 9.16. The van der Waals surface area contributed by atoms with Crippen LogP contribution in [-0.4, -0.2) is 17.1 Å². The first-order chi connectivity index (χ1) is 8.10. The summed E-state index contributed by atoms with van der Waals surface area (Å²) >= 11 is 0. The summed E-state index contributed by atoms with van der Waals surface area (Å²) in [5.41, 5.74) is 7.27. The van der Waals surface area contributed by atoms with Crippen molar-refractivity contribution in [3.63, 3.8) is 0 Å². The Kier molecular flexibility index (Phi) is 3.03. The van der Waals surface area contributed by atoms with Crippen LogP contribution in [-0.2, 0) is 0 Å². The Morgan fingerprint density at radius 3 is 2.88 bits per heavy atom. The standard InChI is InChI=1S/C13H18N4/c1-9-5-6-16-12(11(9)7-14)17-13(2,8-15)10-3-4-10/h5-6,10H,3-4,8,15H2,1-2H3,(H,16,17). The number of rotatable bonds is 4. The van der Waals surface area contributed by atoms with Gasteiger partial charge in [-0.25, -0.2) is 4.98 Å². The van der Waals surface area contributed by atoms with Crippen molar-refractivity contribution in [2.24, 2.45) is 11.7 Å². The highest BCUT2D eigenvalue weighted by Gasteiger charge is 2.41. The van der Waals surface area contributed by atoms with Gasteiger partial charge in [0.1, 0.15) is 11.9 Å². The van der Waals surface area contributed by atoms with E-state index in [1.165, 1.54) is 12.8 Å². The fraction of sp³-hybridized carbons (Fsp3) is 0.538. The van der Waals surface area contributed by atoms with Crippen LogP contribution in [0.1, 0.15) is 30.9 Å². The Hall–Kier alpha value is -1.60. The maximum Gasteiger partial charge on any atom is 0.144 e. The van der Waals surface area contributed by atoms with Gasteiger partial charge in [-0.05, 0) is 44.2 Å². The number of hydrogen-bond acceptors (Lipinski definition) is 4. The van der Waals surface area contributed by atoms with E-state index in [2.05, 4.69) is 23.3 Å². The van der Waals surface area contributed by atoms with Gasteiger partial charge < -0.3 is 11.1 Å². The van der Waals surface area contributed by atoms with E-state index in [1.54, 1.807) is 6.20 Å². The summed E-state index contributed by atoms with van der Waals surface area (Å²) in [6.07, 6.45) is 4.13. The molecule has 1 aliphatic carbocycles. The van der Waals surface area contributed by atoms with Crippen LogP contribution in [0.15, 0.2) is 12.3 Å². The summed E-state index contributed by atoms with van der Waals surface area (Å²) in [6.45, 7) is 4.58. The van der Waals surface area contributed by atoms with Gasteiger partial charge in [-0.3, -0.25) is 0 Å². The molecule has 1 fully saturated rings. The zero-order valence-corrected chi connectivity index (χ0v) is 10.3. The van der Waals surface area contributed by atoms with Gasteiger partial charge in [0.15, 0.2) is 0 Å². The molecule has 0 aromatic carbocycles. The molecule has 1 unspecified atom stereocenters. The van der Waals surface area contributed by atoms with E-state index in [0.717, 1.165) is 5.56 Å². The Bertz CT molecular complexity index is 459. The molecule has 1 aliphatic rings. The molecule has 4 heteroatoms. The van der Waals surface area contributed by atoms with Crippen LogP contribution in [0.3, 0.4) is 0 Å². The lowest BCUT2D eigenvalue weighted by atomic mass is 9.95. The highest BCUT2D eigenvalue weighted by atomic mass is 15.1. The molecule has 0 saturated heterocycles. The van der Waals surface area contributed by atoms with Crippen molar-refractivity contribution in [2.45, 2.75) is 32.2 Å². The number of hydrogen-bond donors (Lipinski definition) is 2. The maximum atomic E-state index is 9.16. The Labute approximate surface area is 102 Å². The first-order valence-electron chi connectivity index (χ1n) is 5.94. The number of aryl methyl sites for hydroxylation is 1. The summed E-state index contributed by atoms with van der Waals surface area (Å²) < 4.78 is 0. The zero-order valence-electron chi connectivity index (χ0n) is 10.3. The number of pyridine rings is 1. The average Bonchev–Trinajstić information content (AvgIpc) is 3.13. The van der Waals surface area contributed by atoms with Crippen LogP contribution in [0.2, 0.25) is 0 Å². The quantitative estimate of drug-likeness (QED) is 0.827. The Morgan fingerprint density at radius 2 is 2.35 bits per heavy atom. The molecular weight excluding hydrogens is 212 g/mol. The number of nitriles is 1. The normalized spacial score (nSPS) is 18.2. The molecule has 1 aromatic heterocycles. The summed E-state index contributed by atoms with van der Waals surface area (Å²) in [4.78, 5) is 4.26. The second-order valence-corrected chi connectivity index (χ2v) is 4.98. The van der Waals surface area contributed by atoms with Crippen LogP contribution in [0.25, 0.3) is 0 Å². The molecule has 3 N–H and O–H groups in total. The van der Waals surface area contributed by atoms with Crippen molar-refractivity contribution in [1.29, 1.82) is 5.26 Å². The molecule has 1 aromatic rings. The van der Waals surface area contributed by atoms with Gasteiger partial charge in [-0.1, -0.05) is 0 Å². The third kappa shape index (κ3) is 2.25. The number of nitrogens with one attached hydrogen (secondary N) is 1. The lowest BCUT2D eigenvalue weighted by Crippen LogP contribution is -2.45. The van der Waals surface area contributed by atoms with Gasteiger partial charge in [0.25, 0.3) is 0 Å². The average molecular weight is 230 g/mol. The number of anilines is 1. The summed E-state index contributed by atoms with van der Waals surface area (Å²) in [5, 5.41) is 12.5. The Balaban J connectivity index is 2.29. The lowest BCUT2D eigenvalue weighted by Gasteiger charge is -2.30. The summed E-state index contributed by atoms with van der Waals surface area (Å²) in [6, 6.07) is 4.05.